The maximum Gasteiger partial charge on any atom is 0.252 e. The number of benzene rings is 1. The largest absolute Gasteiger partial charge is 0.352 e. The van der Waals surface area contributed by atoms with E-state index >= 15 is 0 Å². The average molecular weight is 374 g/mol. The monoisotopic (exact) mass is 373 g/mol. The fourth-order valence-electron chi connectivity index (χ4n) is 2.29. The molecule has 0 radical (unpaired) electrons. The van der Waals surface area contributed by atoms with Crippen molar-refractivity contribution in [2.45, 2.75) is 27.2 Å². The number of carbonyl (C=O) groups is 2. The zero-order valence-electron chi connectivity index (χ0n) is 14.2. The molecule has 1 aromatic carbocycles. The molecule has 1 fully saturated rings. The van der Waals surface area contributed by atoms with Crippen LogP contribution in [0.3, 0.4) is 0 Å². The molecule has 0 saturated carbocycles. The van der Waals surface area contributed by atoms with E-state index < -0.39 is 0 Å². The van der Waals surface area contributed by atoms with Gasteiger partial charge in [-0.1, -0.05) is 32.4 Å². The lowest BCUT2D eigenvalue weighted by molar-refractivity contribution is -0.117. The van der Waals surface area contributed by atoms with Crippen LogP contribution >= 0.6 is 24.0 Å². The van der Waals surface area contributed by atoms with Gasteiger partial charge in [0.05, 0.1) is 10.6 Å². The molecule has 0 spiro atoms. The highest BCUT2D eigenvalue weighted by molar-refractivity contribution is 6.34. The van der Waals surface area contributed by atoms with Crippen LogP contribution in [0.1, 0.15) is 37.6 Å². The van der Waals surface area contributed by atoms with Gasteiger partial charge in [0, 0.05) is 37.7 Å². The van der Waals surface area contributed by atoms with E-state index in [9.17, 15) is 9.59 Å². The summed E-state index contributed by atoms with van der Waals surface area (Å²) in [7, 11) is 0. The summed E-state index contributed by atoms with van der Waals surface area (Å²) in [6.45, 7) is 8.49. The third-order valence-corrected chi connectivity index (χ3v) is 3.93. The highest BCUT2D eigenvalue weighted by Gasteiger charge is 2.20. The van der Waals surface area contributed by atoms with Crippen LogP contribution in [0.4, 0.5) is 5.69 Å². The zero-order chi connectivity index (χ0) is 17.0. The van der Waals surface area contributed by atoms with E-state index in [1.165, 1.54) is 0 Å². The van der Waals surface area contributed by atoms with Gasteiger partial charge in [-0.05, 0) is 23.6 Å². The van der Waals surface area contributed by atoms with E-state index in [0.29, 0.717) is 35.2 Å². The SMILES string of the molecule is CC(C)(C)CC(=O)Nc1ccc(Cl)c(C(=O)NCC2CNC2)c1.Cl. The van der Waals surface area contributed by atoms with E-state index in [1.54, 1.807) is 18.2 Å². The van der Waals surface area contributed by atoms with Gasteiger partial charge in [-0.3, -0.25) is 9.59 Å². The Balaban J connectivity index is 0.00000288. The Hall–Kier alpha value is -1.30. The summed E-state index contributed by atoms with van der Waals surface area (Å²) >= 11 is 6.11. The minimum Gasteiger partial charge on any atom is -0.352 e. The van der Waals surface area contributed by atoms with Crippen molar-refractivity contribution in [3.05, 3.63) is 28.8 Å². The molecule has 1 aliphatic heterocycles. The number of anilines is 1. The lowest BCUT2D eigenvalue weighted by Crippen LogP contribution is -2.48. The predicted octanol–water partition coefficient (Wildman–Crippen LogP) is 3.09. The molecule has 24 heavy (non-hydrogen) atoms. The van der Waals surface area contributed by atoms with Gasteiger partial charge in [0.2, 0.25) is 5.91 Å². The number of nitrogens with one attached hydrogen (secondary N) is 3. The number of carbonyl (C=O) groups excluding carboxylic acids is 2. The van der Waals surface area contributed by atoms with Crippen molar-refractivity contribution in [3.63, 3.8) is 0 Å². The molecule has 7 heteroatoms. The lowest BCUT2D eigenvalue weighted by Gasteiger charge is -2.27. The van der Waals surface area contributed by atoms with Crippen molar-refractivity contribution in [2.75, 3.05) is 25.0 Å². The van der Waals surface area contributed by atoms with Gasteiger partial charge in [0.15, 0.2) is 0 Å². The smallest absolute Gasteiger partial charge is 0.252 e. The summed E-state index contributed by atoms with van der Waals surface area (Å²) in [5.41, 5.74) is 0.875. The first-order valence-electron chi connectivity index (χ1n) is 7.83. The van der Waals surface area contributed by atoms with Gasteiger partial charge in [-0.15, -0.1) is 12.4 Å². The summed E-state index contributed by atoms with van der Waals surface area (Å²) in [6, 6.07) is 4.96. The van der Waals surface area contributed by atoms with Crippen LogP contribution in [0.5, 0.6) is 0 Å². The van der Waals surface area contributed by atoms with Gasteiger partial charge >= 0.3 is 0 Å². The maximum absolute atomic E-state index is 12.2. The first kappa shape index (κ1) is 20.7. The predicted molar refractivity (Wildman–Crippen MR) is 100 cm³/mol. The second-order valence-corrected chi connectivity index (χ2v) is 7.62. The number of hydrogen-bond acceptors (Lipinski definition) is 3. The van der Waals surface area contributed by atoms with E-state index in [1.807, 2.05) is 20.8 Å². The standard InChI is InChI=1S/C17H24ClN3O2.ClH/c1-17(2,3)7-15(22)21-12-4-5-14(18)13(6-12)16(23)20-10-11-8-19-9-11;/h4-6,11,19H,7-10H2,1-3H3,(H,20,23)(H,21,22);1H. The molecule has 0 bridgehead atoms. The lowest BCUT2D eigenvalue weighted by atomic mass is 9.92. The van der Waals surface area contributed by atoms with Gasteiger partial charge in [0.25, 0.3) is 5.91 Å². The highest BCUT2D eigenvalue weighted by Crippen LogP contribution is 2.23. The van der Waals surface area contributed by atoms with Crippen LogP contribution in [-0.2, 0) is 4.79 Å². The average Bonchev–Trinajstić information content (AvgIpc) is 2.36. The van der Waals surface area contributed by atoms with Crippen molar-refractivity contribution < 1.29 is 9.59 Å². The van der Waals surface area contributed by atoms with Crippen LogP contribution in [0, 0.1) is 11.3 Å². The third kappa shape index (κ3) is 6.30. The molecular formula is C17H25Cl2N3O2. The summed E-state index contributed by atoms with van der Waals surface area (Å²) in [4.78, 5) is 24.3. The third-order valence-electron chi connectivity index (χ3n) is 3.60. The minimum absolute atomic E-state index is 0. The van der Waals surface area contributed by atoms with Gasteiger partial charge in [-0.2, -0.15) is 0 Å². The zero-order valence-corrected chi connectivity index (χ0v) is 15.8. The second kappa shape index (κ2) is 8.70. The molecule has 1 saturated heterocycles. The fourth-order valence-corrected chi connectivity index (χ4v) is 2.49. The van der Waals surface area contributed by atoms with Crippen molar-refractivity contribution in [2.24, 2.45) is 11.3 Å². The maximum atomic E-state index is 12.2. The van der Waals surface area contributed by atoms with E-state index in [4.69, 9.17) is 11.6 Å². The first-order chi connectivity index (χ1) is 10.7. The molecule has 1 heterocycles. The quantitative estimate of drug-likeness (QED) is 0.742. The summed E-state index contributed by atoms with van der Waals surface area (Å²) < 4.78 is 0. The molecule has 2 amide bonds. The summed E-state index contributed by atoms with van der Waals surface area (Å²) in [5.74, 6) is 0.188. The Bertz CT molecular complexity index is 596. The first-order valence-corrected chi connectivity index (χ1v) is 8.21. The van der Waals surface area contributed by atoms with Gasteiger partial charge in [0.1, 0.15) is 0 Å². The Labute approximate surface area is 154 Å². The molecule has 0 unspecified atom stereocenters. The van der Waals surface area contributed by atoms with Gasteiger partial charge in [-0.25, -0.2) is 0 Å². The normalized spacial score (nSPS) is 14.3. The molecule has 0 atom stereocenters. The molecular weight excluding hydrogens is 349 g/mol. The number of halogens is 2. The van der Waals surface area contributed by atoms with E-state index in [2.05, 4.69) is 16.0 Å². The summed E-state index contributed by atoms with van der Waals surface area (Å²) in [5, 5.41) is 9.24. The molecule has 0 aliphatic carbocycles. The van der Waals surface area contributed by atoms with Crippen LogP contribution < -0.4 is 16.0 Å². The minimum atomic E-state index is -0.214. The van der Waals surface area contributed by atoms with Crippen LogP contribution in [0.15, 0.2) is 18.2 Å². The summed E-state index contributed by atoms with van der Waals surface area (Å²) in [6.07, 6.45) is 0.409. The number of amides is 2. The topological polar surface area (TPSA) is 70.2 Å². The van der Waals surface area contributed by atoms with Crippen molar-refractivity contribution in [1.82, 2.24) is 10.6 Å². The van der Waals surface area contributed by atoms with E-state index in [-0.39, 0.29) is 29.6 Å². The molecule has 134 valence electrons. The van der Waals surface area contributed by atoms with Crippen molar-refractivity contribution in [3.8, 4) is 0 Å². The Morgan fingerprint density at radius 3 is 2.50 bits per heavy atom. The Morgan fingerprint density at radius 1 is 1.29 bits per heavy atom. The Morgan fingerprint density at radius 2 is 1.96 bits per heavy atom. The van der Waals surface area contributed by atoms with Crippen molar-refractivity contribution in [1.29, 1.82) is 0 Å². The molecule has 2 rings (SSSR count). The molecule has 1 aliphatic rings. The Kier molecular flexibility index (Phi) is 7.52. The molecule has 5 nitrogen and oxygen atoms in total. The molecule has 0 aromatic heterocycles. The number of hydrogen-bond donors (Lipinski definition) is 3. The molecule has 1 aromatic rings. The second-order valence-electron chi connectivity index (χ2n) is 7.21. The fraction of sp³-hybridized carbons (Fsp3) is 0.529. The number of rotatable bonds is 5. The van der Waals surface area contributed by atoms with Crippen molar-refractivity contribution >= 4 is 41.5 Å². The van der Waals surface area contributed by atoms with Crippen LogP contribution in [-0.4, -0.2) is 31.4 Å². The van der Waals surface area contributed by atoms with E-state index in [0.717, 1.165) is 13.1 Å². The van der Waals surface area contributed by atoms with Crippen LogP contribution in [0.25, 0.3) is 0 Å². The molecule has 3 N–H and O–H groups in total. The van der Waals surface area contributed by atoms with Crippen LogP contribution in [0.2, 0.25) is 5.02 Å². The highest BCUT2D eigenvalue weighted by atomic mass is 35.5. The van der Waals surface area contributed by atoms with Gasteiger partial charge < -0.3 is 16.0 Å².